The summed E-state index contributed by atoms with van der Waals surface area (Å²) in [5.41, 5.74) is 3.03. The number of hydrogen-bond acceptors (Lipinski definition) is 4. The molecule has 0 aliphatic heterocycles. The van der Waals surface area contributed by atoms with E-state index in [1.807, 2.05) is 0 Å². The van der Waals surface area contributed by atoms with Crippen LogP contribution < -0.4 is 10.7 Å². The van der Waals surface area contributed by atoms with E-state index in [2.05, 4.69) is 20.8 Å². The third-order valence-electron chi connectivity index (χ3n) is 2.87. The van der Waals surface area contributed by atoms with Crippen molar-refractivity contribution in [2.24, 2.45) is 5.10 Å². The Kier molecular flexibility index (Phi) is 6.28. The quantitative estimate of drug-likeness (QED) is 0.628. The number of benzene rings is 1. The van der Waals surface area contributed by atoms with Gasteiger partial charge in [-0.05, 0) is 37.3 Å². The Balaban J connectivity index is 1.91. The van der Waals surface area contributed by atoms with Gasteiger partial charge in [-0.2, -0.15) is 5.10 Å². The van der Waals surface area contributed by atoms with Crippen molar-refractivity contribution in [1.82, 2.24) is 10.4 Å². The highest BCUT2D eigenvalue weighted by molar-refractivity contribution is 6.36. The van der Waals surface area contributed by atoms with Gasteiger partial charge in [-0.3, -0.25) is 9.59 Å². The summed E-state index contributed by atoms with van der Waals surface area (Å²) in [5, 5.41) is 7.17. The molecule has 1 aromatic carbocycles. The predicted octanol–water partition coefficient (Wildman–Crippen LogP) is 3.52. The first-order valence-electron chi connectivity index (χ1n) is 6.95. The van der Waals surface area contributed by atoms with Crippen LogP contribution in [0.15, 0.2) is 47.7 Å². The van der Waals surface area contributed by atoms with Gasteiger partial charge in [0.05, 0.1) is 17.0 Å². The standard InChI is InChI=1S/C16H14Cl2N4O2/c1-10(8-15(23)20-14-4-2-3-7-19-14)21-22-16(24)12-6-5-11(17)9-13(12)18/h2-7,9H,8H2,1H3,(H,22,24)(H,19,20,23)/b21-10+. The first-order chi connectivity index (χ1) is 11.5. The van der Waals surface area contributed by atoms with Crippen LogP contribution in [0, 0.1) is 0 Å². The number of hydrazone groups is 1. The topological polar surface area (TPSA) is 83.4 Å². The van der Waals surface area contributed by atoms with Gasteiger partial charge < -0.3 is 5.32 Å². The molecule has 0 aliphatic rings. The van der Waals surface area contributed by atoms with Gasteiger partial charge in [0.25, 0.3) is 5.91 Å². The van der Waals surface area contributed by atoms with Crippen LogP contribution in [0.25, 0.3) is 0 Å². The number of nitrogens with zero attached hydrogens (tertiary/aromatic N) is 2. The Morgan fingerprint density at radius 3 is 2.67 bits per heavy atom. The Hall–Kier alpha value is -2.44. The fraction of sp³-hybridized carbons (Fsp3) is 0.125. The number of amides is 2. The Morgan fingerprint density at radius 2 is 2.00 bits per heavy atom. The van der Waals surface area contributed by atoms with Crippen molar-refractivity contribution in [3.63, 3.8) is 0 Å². The molecular formula is C16H14Cl2N4O2. The molecule has 124 valence electrons. The molecule has 1 aromatic heterocycles. The van der Waals surface area contributed by atoms with Crippen molar-refractivity contribution in [1.29, 1.82) is 0 Å². The number of halogens is 2. The van der Waals surface area contributed by atoms with Crippen LogP contribution in [0.1, 0.15) is 23.7 Å². The van der Waals surface area contributed by atoms with Crippen molar-refractivity contribution in [3.05, 3.63) is 58.2 Å². The number of carbonyl (C=O) groups excluding carboxylic acids is 2. The molecule has 2 amide bonds. The van der Waals surface area contributed by atoms with Gasteiger partial charge in [-0.25, -0.2) is 10.4 Å². The summed E-state index contributed by atoms with van der Waals surface area (Å²) in [4.78, 5) is 27.8. The van der Waals surface area contributed by atoms with Crippen molar-refractivity contribution in [2.45, 2.75) is 13.3 Å². The molecule has 1 heterocycles. The van der Waals surface area contributed by atoms with Crippen LogP contribution in [0.2, 0.25) is 10.0 Å². The number of aromatic nitrogens is 1. The van der Waals surface area contributed by atoms with E-state index in [4.69, 9.17) is 23.2 Å². The van der Waals surface area contributed by atoms with E-state index in [1.54, 1.807) is 37.4 Å². The first-order valence-corrected chi connectivity index (χ1v) is 7.70. The van der Waals surface area contributed by atoms with E-state index in [0.717, 1.165) is 0 Å². The molecule has 24 heavy (non-hydrogen) atoms. The van der Waals surface area contributed by atoms with Crippen molar-refractivity contribution >= 4 is 46.5 Å². The van der Waals surface area contributed by atoms with Gasteiger partial charge in [0.2, 0.25) is 5.91 Å². The maximum Gasteiger partial charge on any atom is 0.272 e. The molecule has 0 bridgehead atoms. The molecule has 0 fully saturated rings. The third-order valence-corrected chi connectivity index (χ3v) is 3.42. The highest BCUT2D eigenvalue weighted by atomic mass is 35.5. The first kappa shape index (κ1) is 17.9. The fourth-order valence-electron chi connectivity index (χ4n) is 1.78. The van der Waals surface area contributed by atoms with E-state index in [0.29, 0.717) is 16.6 Å². The number of pyridine rings is 1. The molecule has 0 saturated heterocycles. The SMILES string of the molecule is C/C(CC(=O)Nc1ccccn1)=N\NC(=O)c1ccc(Cl)cc1Cl. The van der Waals surface area contributed by atoms with Crippen LogP contribution in [0.4, 0.5) is 5.82 Å². The monoisotopic (exact) mass is 364 g/mol. The fourth-order valence-corrected chi connectivity index (χ4v) is 2.27. The molecule has 2 rings (SSSR count). The summed E-state index contributed by atoms with van der Waals surface area (Å²) in [6, 6.07) is 9.71. The third kappa shape index (κ3) is 5.33. The minimum absolute atomic E-state index is 0.0191. The van der Waals surface area contributed by atoms with Gasteiger partial charge in [0.1, 0.15) is 5.82 Å². The van der Waals surface area contributed by atoms with Crippen LogP contribution in [-0.4, -0.2) is 22.5 Å². The van der Waals surface area contributed by atoms with Gasteiger partial charge in [-0.1, -0.05) is 29.3 Å². The van der Waals surface area contributed by atoms with E-state index < -0.39 is 5.91 Å². The second-order valence-electron chi connectivity index (χ2n) is 4.85. The molecule has 2 aromatic rings. The number of rotatable bonds is 5. The minimum atomic E-state index is -0.485. The van der Waals surface area contributed by atoms with E-state index in [-0.39, 0.29) is 22.9 Å². The van der Waals surface area contributed by atoms with Crippen LogP contribution in [0.5, 0.6) is 0 Å². The zero-order valence-electron chi connectivity index (χ0n) is 12.7. The summed E-state index contributed by atoms with van der Waals surface area (Å²) in [6.45, 7) is 1.63. The van der Waals surface area contributed by atoms with Gasteiger partial charge in [0.15, 0.2) is 0 Å². The number of hydrogen-bond donors (Lipinski definition) is 2. The smallest absolute Gasteiger partial charge is 0.272 e. The molecule has 2 N–H and O–H groups in total. The summed E-state index contributed by atoms with van der Waals surface area (Å²) in [5.74, 6) is -0.317. The number of nitrogens with one attached hydrogen (secondary N) is 2. The molecule has 6 nitrogen and oxygen atoms in total. The Morgan fingerprint density at radius 1 is 1.21 bits per heavy atom. The maximum absolute atomic E-state index is 12.0. The molecular weight excluding hydrogens is 351 g/mol. The molecule has 0 aliphatic carbocycles. The molecule has 0 radical (unpaired) electrons. The van der Waals surface area contributed by atoms with Crippen LogP contribution >= 0.6 is 23.2 Å². The van der Waals surface area contributed by atoms with Crippen LogP contribution in [-0.2, 0) is 4.79 Å². The zero-order chi connectivity index (χ0) is 17.5. The lowest BCUT2D eigenvalue weighted by Gasteiger charge is -2.05. The van der Waals surface area contributed by atoms with Crippen molar-refractivity contribution in [2.75, 3.05) is 5.32 Å². The summed E-state index contributed by atoms with van der Waals surface area (Å²) in [6.07, 6.45) is 1.60. The number of anilines is 1. The predicted molar refractivity (Wildman–Crippen MR) is 94.5 cm³/mol. The van der Waals surface area contributed by atoms with E-state index in [9.17, 15) is 9.59 Å². The average Bonchev–Trinajstić information content (AvgIpc) is 2.53. The Labute approximate surface area is 148 Å². The molecule has 0 unspecified atom stereocenters. The minimum Gasteiger partial charge on any atom is -0.310 e. The number of carbonyl (C=O) groups is 2. The van der Waals surface area contributed by atoms with Crippen molar-refractivity contribution in [3.8, 4) is 0 Å². The highest BCUT2D eigenvalue weighted by Crippen LogP contribution is 2.20. The lowest BCUT2D eigenvalue weighted by atomic mass is 10.2. The lowest BCUT2D eigenvalue weighted by Crippen LogP contribution is -2.22. The second-order valence-corrected chi connectivity index (χ2v) is 5.70. The highest BCUT2D eigenvalue weighted by Gasteiger charge is 2.11. The van der Waals surface area contributed by atoms with Gasteiger partial charge in [-0.15, -0.1) is 0 Å². The Bertz CT molecular complexity index is 779. The van der Waals surface area contributed by atoms with E-state index >= 15 is 0 Å². The lowest BCUT2D eigenvalue weighted by molar-refractivity contribution is -0.115. The maximum atomic E-state index is 12.0. The summed E-state index contributed by atoms with van der Waals surface area (Å²) in [7, 11) is 0. The van der Waals surface area contributed by atoms with E-state index in [1.165, 1.54) is 12.1 Å². The second kappa shape index (κ2) is 8.42. The normalized spacial score (nSPS) is 11.0. The summed E-state index contributed by atoms with van der Waals surface area (Å²) < 4.78 is 0. The van der Waals surface area contributed by atoms with Gasteiger partial charge >= 0.3 is 0 Å². The van der Waals surface area contributed by atoms with Gasteiger partial charge in [0, 0.05) is 16.9 Å². The zero-order valence-corrected chi connectivity index (χ0v) is 14.2. The summed E-state index contributed by atoms with van der Waals surface area (Å²) >= 11 is 11.7. The molecule has 8 heteroatoms. The van der Waals surface area contributed by atoms with Crippen LogP contribution in [0.3, 0.4) is 0 Å². The molecule has 0 spiro atoms. The molecule has 0 atom stereocenters. The average molecular weight is 365 g/mol. The molecule has 0 saturated carbocycles. The van der Waals surface area contributed by atoms with Crippen molar-refractivity contribution < 1.29 is 9.59 Å². The largest absolute Gasteiger partial charge is 0.310 e.